The summed E-state index contributed by atoms with van der Waals surface area (Å²) in [5.74, 6) is 0. The van der Waals surface area contributed by atoms with Gasteiger partial charge in [-0.25, -0.2) is 0 Å². The van der Waals surface area contributed by atoms with Gasteiger partial charge in [0.25, 0.3) is 0 Å². The number of benzene rings is 2. The second-order valence-electron chi connectivity index (χ2n) is 7.00. The molecule has 1 aliphatic rings. The highest BCUT2D eigenvalue weighted by atomic mass is 16.7. The lowest BCUT2D eigenvalue weighted by atomic mass is 9.99. The Bertz CT molecular complexity index is 701. The van der Waals surface area contributed by atoms with Gasteiger partial charge in [-0.05, 0) is 24.5 Å². The molecule has 150 valence electrons. The Morgan fingerprint density at radius 3 is 2.11 bits per heavy atom. The van der Waals surface area contributed by atoms with E-state index in [-0.39, 0.29) is 18.3 Å². The van der Waals surface area contributed by atoms with Gasteiger partial charge in [0.2, 0.25) is 0 Å². The van der Waals surface area contributed by atoms with Crippen LogP contribution in [0, 0.1) is 0 Å². The van der Waals surface area contributed by atoms with Gasteiger partial charge in [0.05, 0.1) is 25.4 Å². The molecule has 0 radical (unpaired) electrons. The van der Waals surface area contributed by atoms with Crippen LogP contribution in [0.3, 0.4) is 0 Å². The lowest BCUT2D eigenvalue weighted by Gasteiger charge is -2.40. The lowest BCUT2D eigenvalue weighted by molar-refractivity contribution is -0.279. The Morgan fingerprint density at radius 1 is 0.929 bits per heavy atom. The molecule has 4 nitrogen and oxygen atoms in total. The zero-order valence-corrected chi connectivity index (χ0v) is 16.7. The second-order valence-corrected chi connectivity index (χ2v) is 7.00. The Hall–Kier alpha value is -1.98. The normalized spacial score (nSPS) is 25.2. The van der Waals surface area contributed by atoms with Gasteiger partial charge in [-0.3, -0.25) is 0 Å². The third-order valence-corrected chi connectivity index (χ3v) is 4.92. The molecule has 0 amide bonds. The number of hydrogen-bond acceptors (Lipinski definition) is 4. The van der Waals surface area contributed by atoms with Crippen LogP contribution in [0.25, 0.3) is 0 Å². The average Bonchev–Trinajstić information content (AvgIpc) is 2.76. The highest BCUT2D eigenvalue weighted by molar-refractivity contribution is 5.14. The minimum Gasteiger partial charge on any atom is -0.371 e. The molecule has 0 spiro atoms. The summed E-state index contributed by atoms with van der Waals surface area (Å²) in [6, 6.07) is 20.4. The Morgan fingerprint density at radius 2 is 1.54 bits per heavy atom. The van der Waals surface area contributed by atoms with Gasteiger partial charge in [0, 0.05) is 13.5 Å². The van der Waals surface area contributed by atoms with Crippen LogP contribution in [-0.4, -0.2) is 31.7 Å². The summed E-state index contributed by atoms with van der Waals surface area (Å²) in [6.07, 6.45) is 5.00. The van der Waals surface area contributed by atoms with Crippen LogP contribution >= 0.6 is 0 Å². The van der Waals surface area contributed by atoms with E-state index in [2.05, 4.69) is 30.3 Å². The number of methoxy groups -OCH3 is 1. The first kappa shape index (κ1) is 20.7. The fraction of sp³-hybridized carbons (Fsp3) is 0.417. The number of rotatable bonds is 9. The molecular weight excluding hydrogens is 352 g/mol. The second kappa shape index (κ2) is 11.1. The van der Waals surface area contributed by atoms with Gasteiger partial charge in [0.15, 0.2) is 6.29 Å². The van der Waals surface area contributed by atoms with Crippen molar-refractivity contribution in [2.24, 2.45) is 0 Å². The van der Waals surface area contributed by atoms with Crippen LogP contribution in [0.2, 0.25) is 0 Å². The molecule has 0 unspecified atom stereocenters. The number of ether oxygens (including phenoxy) is 4. The summed E-state index contributed by atoms with van der Waals surface area (Å²) in [4.78, 5) is 0. The van der Waals surface area contributed by atoms with Crippen molar-refractivity contribution >= 4 is 0 Å². The minimum atomic E-state index is -0.450. The van der Waals surface area contributed by atoms with Gasteiger partial charge in [-0.15, -0.1) is 0 Å². The van der Waals surface area contributed by atoms with E-state index in [0.29, 0.717) is 13.2 Å². The summed E-state index contributed by atoms with van der Waals surface area (Å²) in [6.45, 7) is 3.06. The molecular formula is C24H30O4. The Kier molecular flexibility index (Phi) is 8.24. The molecule has 28 heavy (non-hydrogen) atoms. The van der Waals surface area contributed by atoms with Crippen molar-refractivity contribution in [2.45, 2.75) is 57.6 Å². The largest absolute Gasteiger partial charge is 0.371 e. The van der Waals surface area contributed by atoms with Crippen molar-refractivity contribution in [1.82, 2.24) is 0 Å². The topological polar surface area (TPSA) is 36.9 Å². The molecule has 3 rings (SSSR count). The summed E-state index contributed by atoms with van der Waals surface area (Å²) in [7, 11) is 1.66. The third-order valence-electron chi connectivity index (χ3n) is 4.92. The third kappa shape index (κ3) is 6.01. The molecule has 2 aromatic rings. The Labute approximate surface area is 168 Å². The van der Waals surface area contributed by atoms with E-state index in [0.717, 1.165) is 24.0 Å². The molecule has 1 heterocycles. The summed E-state index contributed by atoms with van der Waals surface area (Å²) in [5.41, 5.74) is 2.27. The molecule has 2 aromatic carbocycles. The number of allylic oxidation sites excluding steroid dienone is 1. The number of hydrogen-bond donors (Lipinski definition) is 0. The van der Waals surface area contributed by atoms with E-state index >= 15 is 0 Å². The molecule has 0 aliphatic carbocycles. The van der Waals surface area contributed by atoms with Crippen molar-refractivity contribution in [3.63, 3.8) is 0 Å². The van der Waals surface area contributed by atoms with Crippen LogP contribution in [0.15, 0.2) is 72.8 Å². The quantitative estimate of drug-likeness (QED) is 0.579. The van der Waals surface area contributed by atoms with Gasteiger partial charge in [-0.1, -0.05) is 72.8 Å². The van der Waals surface area contributed by atoms with Gasteiger partial charge in [0.1, 0.15) is 6.10 Å². The zero-order chi connectivity index (χ0) is 19.6. The van der Waals surface area contributed by atoms with E-state index in [1.54, 1.807) is 7.11 Å². The molecule has 1 aliphatic heterocycles. The maximum atomic E-state index is 6.30. The van der Waals surface area contributed by atoms with Crippen LogP contribution < -0.4 is 0 Å². The molecule has 0 saturated carbocycles. The molecule has 4 atom stereocenters. The van der Waals surface area contributed by atoms with Crippen molar-refractivity contribution < 1.29 is 18.9 Å². The van der Waals surface area contributed by atoms with Crippen molar-refractivity contribution in [2.75, 3.05) is 7.11 Å². The van der Waals surface area contributed by atoms with Crippen molar-refractivity contribution in [3.8, 4) is 0 Å². The molecule has 0 bridgehead atoms. The summed E-state index contributed by atoms with van der Waals surface area (Å²) in [5, 5.41) is 0. The lowest BCUT2D eigenvalue weighted by Crippen LogP contribution is -2.51. The molecule has 1 saturated heterocycles. The molecule has 0 N–H and O–H groups in total. The molecule has 4 heteroatoms. The maximum absolute atomic E-state index is 6.30. The van der Waals surface area contributed by atoms with Crippen molar-refractivity contribution in [3.05, 3.63) is 83.9 Å². The zero-order valence-electron chi connectivity index (χ0n) is 16.7. The maximum Gasteiger partial charge on any atom is 0.186 e. The van der Waals surface area contributed by atoms with E-state index in [9.17, 15) is 0 Å². The van der Waals surface area contributed by atoms with Gasteiger partial charge >= 0.3 is 0 Å². The van der Waals surface area contributed by atoms with Gasteiger partial charge in [-0.2, -0.15) is 0 Å². The van der Waals surface area contributed by atoms with Crippen LogP contribution in [-0.2, 0) is 32.2 Å². The van der Waals surface area contributed by atoms with E-state index < -0.39 is 6.29 Å². The molecule has 1 fully saturated rings. The standard InChI is InChI=1S/C24H30O4/c1-3-4-15-21-16-22(26-17-19-11-7-5-8-12-19)23(24(25-2)28-21)27-18-20-13-9-6-10-14-20/h3-14,21-24H,15-18H2,1-2H3/b4-3+/t21-,22+,23-,24+/m1/s1. The van der Waals surface area contributed by atoms with E-state index in [1.165, 1.54) is 0 Å². The van der Waals surface area contributed by atoms with E-state index in [4.69, 9.17) is 18.9 Å². The smallest absolute Gasteiger partial charge is 0.186 e. The Balaban J connectivity index is 1.69. The minimum absolute atomic E-state index is 0.0542. The SMILES string of the molecule is C/C=C/C[C@@H]1C[C@H](OCc2ccccc2)[C@@H](OCc2ccccc2)[C@@H](OC)O1. The fourth-order valence-electron chi connectivity index (χ4n) is 3.41. The highest BCUT2D eigenvalue weighted by Gasteiger charge is 2.40. The highest BCUT2D eigenvalue weighted by Crippen LogP contribution is 2.29. The first-order chi connectivity index (χ1) is 13.8. The average molecular weight is 383 g/mol. The van der Waals surface area contributed by atoms with Crippen LogP contribution in [0.4, 0.5) is 0 Å². The van der Waals surface area contributed by atoms with Crippen LogP contribution in [0.5, 0.6) is 0 Å². The first-order valence-electron chi connectivity index (χ1n) is 9.90. The van der Waals surface area contributed by atoms with Crippen molar-refractivity contribution in [1.29, 1.82) is 0 Å². The van der Waals surface area contributed by atoms with Crippen LogP contribution in [0.1, 0.15) is 30.9 Å². The predicted molar refractivity (Wildman–Crippen MR) is 110 cm³/mol. The summed E-state index contributed by atoms with van der Waals surface area (Å²) >= 11 is 0. The molecule has 0 aromatic heterocycles. The van der Waals surface area contributed by atoms with Gasteiger partial charge < -0.3 is 18.9 Å². The predicted octanol–water partition coefficient (Wildman–Crippen LogP) is 4.88. The first-order valence-corrected chi connectivity index (χ1v) is 9.90. The monoisotopic (exact) mass is 382 g/mol. The summed E-state index contributed by atoms with van der Waals surface area (Å²) < 4.78 is 24.3. The fourth-order valence-corrected chi connectivity index (χ4v) is 3.41. The van der Waals surface area contributed by atoms with E-state index in [1.807, 2.05) is 49.4 Å².